The van der Waals surface area contributed by atoms with Crippen LogP contribution in [0, 0.1) is 0 Å². The summed E-state index contributed by atoms with van der Waals surface area (Å²) < 4.78 is 9.34. The molecule has 1 aromatic rings. The molecule has 0 bridgehead atoms. The number of hydrogen-bond acceptors (Lipinski definition) is 5. The first-order valence-electron chi connectivity index (χ1n) is 6.84. The summed E-state index contributed by atoms with van der Waals surface area (Å²) in [6, 6.07) is 8.40. The van der Waals surface area contributed by atoms with E-state index in [1.807, 2.05) is 30.3 Å². The number of amides is 1. The van der Waals surface area contributed by atoms with E-state index < -0.39 is 23.9 Å². The second-order valence-corrected chi connectivity index (χ2v) is 4.36. The number of carbonyl (C=O) groups is 3. The van der Waals surface area contributed by atoms with Crippen molar-refractivity contribution in [1.29, 1.82) is 0 Å². The fourth-order valence-corrected chi connectivity index (χ4v) is 1.74. The molecule has 0 unspecified atom stereocenters. The maximum atomic E-state index is 11.8. The zero-order chi connectivity index (χ0) is 16.4. The van der Waals surface area contributed by atoms with Crippen molar-refractivity contribution in [3.05, 3.63) is 48.0 Å². The van der Waals surface area contributed by atoms with E-state index in [4.69, 9.17) is 0 Å². The Hall–Kier alpha value is -2.63. The molecule has 0 fully saturated rings. The van der Waals surface area contributed by atoms with E-state index in [0.717, 1.165) is 17.7 Å². The monoisotopic (exact) mass is 305 g/mol. The molecule has 0 aliphatic heterocycles. The van der Waals surface area contributed by atoms with Crippen molar-refractivity contribution >= 4 is 17.8 Å². The Morgan fingerprint density at radius 1 is 1.18 bits per heavy atom. The average molecular weight is 305 g/mol. The molecule has 1 rings (SSSR count). The van der Waals surface area contributed by atoms with E-state index in [1.54, 1.807) is 6.92 Å². The molecule has 22 heavy (non-hydrogen) atoms. The summed E-state index contributed by atoms with van der Waals surface area (Å²) >= 11 is 0. The largest absolute Gasteiger partial charge is 0.467 e. The lowest BCUT2D eigenvalue weighted by atomic mass is 10.1. The first-order valence-corrected chi connectivity index (χ1v) is 6.84. The smallest absolute Gasteiger partial charge is 0.330 e. The molecule has 118 valence electrons. The molecular formula is C16H19NO5. The van der Waals surface area contributed by atoms with Gasteiger partial charge in [0, 0.05) is 18.6 Å². The second-order valence-electron chi connectivity index (χ2n) is 4.36. The van der Waals surface area contributed by atoms with Crippen LogP contribution >= 0.6 is 0 Å². The van der Waals surface area contributed by atoms with Gasteiger partial charge in [0.15, 0.2) is 0 Å². The lowest BCUT2D eigenvalue weighted by Gasteiger charge is -2.15. The fourth-order valence-electron chi connectivity index (χ4n) is 1.74. The van der Waals surface area contributed by atoms with Crippen LogP contribution < -0.4 is 5.32 Å². The van der Waals surface area contributed by atoms with Crippen molar-refractivity contribution in [3.63, 3.8) is 0 Å². The van der Waals surface area contributed by atoms with Crippen LogP contribution in [0.2, 0.25) is 0 Å². The van der Waals surface area contributed by atoms with E-state index in [1.165, 1.54) is 7.11 Å². The summed E-state index contributed by atoms with van der Waals surface area (Å²) in [7, 11) is 1.25. The van der Waals surface area contributed by atoms with E-state index in [9.17, 15) is 14.4 Å². The molecule has 1 amide bonds. The van der Waals surface area contributed by atoms with Crippen LogP contribution in [0.1, 0.15) is 12.5 Å². The Labute approximate surface area is 129 Å². The highest BCUT2D eigenvalue weighted by Gasteiger charge is 2.21. The molecule has 0 saturated heterocycles. The number of benzene rings is 1. The van der Waals surface area contributed by atoms with Crippen LogP contribution in [0.15, 0.2) is 42.5 Å². The minimum Gasteiger partial charge on any atom is -0.467 e. The van der Waals surface area contributed by atoms with Crippen molar-refractivity contribution in [2.24, 2.45) is 0 Å². The fraction of sp³-hybridized carbons (Fsp3) is 0.312. The number of esters is 2. The van der Waals surface area contributed by atoms with E-state index in [0.29, 0.717) is 6.42 Å². The van der Waals surface area contributed by atoms with E-state index in [2.05, 4.69) is 14.8 Å². The van der Waals surface area contributed by atoms with Crippen molar-refractivity contribution in [2.75, 3.05) is 13.7 Å². The number of ether oxygens (including phenoxy) is 2. The summed E-state index contributed by atoms with van der Waals surface area (Å²) in [4.78, 5) is 34.6. The molecule has 6 heteroatoms. The van der Waals surface area contributed by atoms with Gasteiger partial charge >= 0.3 is 11.9 Å². The Bertz CT molecular complexity index is 539. The number of carbonyl (C=O) groups excluding carboxylic acids is 3. The van der Waals surface area contributed by atoms with Gasteiger partial charge in [-0.15, -0.1) is 0 Å². The normalized spacial score (nSPS) is 11.7. The molecule has 1 aromatic carbocycles. The maximum Gasteiger partial charge on any atom is 0.330 e. The van der Waals surface area contributed by atoms with Gasteiger partial charge in [0.25, 0.3) is 0 Å². The Morgan fingerprint density at radius 2 is 1.86 bits per heavy atom. The average Bonchev–Trinajstić information content (AvgIpc) is 2.53. The SMILES string of the molecule is CCOC(=O)/C=C\C(=O)N[C@@H](Cc1ccccc1)C(=O)OC. The quantitative estimate of drug-likeness (QED) is 0.600. The van der Waals surface area contributed by atoms with Gasteiger partial charge in [-0.3, -0.25) is 4.79 Å². The summed E-state index contributed by atoms with van der Waals surface area (Å²) in [6.45, 7) is 1.89. The highest BCUT2D eigenvalue weighted by molar-refractivity contribution is 5.96. The van der Waals surface area contributed by atoms with Gasteiger partial charge in [0.05, 0.1) is 13.7 Å². The highest BCUT2D eigenvalue weighted by atomic mass is 16.5. The summed E-state index contributed by atoms with van der Waals surface area (Å²) in [5, 5.41) is 2.51. The molecule has 6 nitrogen and oxygen atoms in total. The van der Waals surface area contributed by atoms with Crippen LogP contribution in [-0.2, 0) is 30.3 Å². The third-order valence-electron chi connectivity index (χ3n) is 2.74. The van der Waals surface area contributed by atoms with Crippen molar-refractivity contribution < 1.29 is 23.9 Å². The second kappa shape index (κ2) is 9.33. The first-order chi connectivity index (χ1) is 10.6. The Morgan fingerprint density at radius 3 is 2.45 bits per heavy atom. The van der Waals surface area contributed by atoms with E-state index in [-0.39, 0.29) is 6.61 Å². The minimum absolute atomic E-state index is 0.226. The van der Waals surface area contributed by atoms with Gasteiger partial charge in [0.2, 0.25) is 5.91 Å². The molecule has 0 saturated carbocycles. The predicted molar refractivity (Wildman–Crippen MR) is 79.9 cm³/mol. The number of methoxy groups -OCH3 is 1. The van der Waals surface area contributed by atoms with Gasteiger partial charge in [-0.1, -0.05) is 30.3 Å². The molecule has 0 spiro atoms. The Balaban J connectivity index is 2.67. The predicted octanol–water partition coefficient (Wildman–Crippen LogP) is 1.01. The van der Waals surface area contributed by atoms with Crippen LogP contribution in [0.25, 0.3) is 0 Å². The van der Waals surface area contributed by atoms with Crippen molar-refractivity contribution in [2.45, 2.75) is 19.4 Å². The lowest BCUT2D eigenvalue weighted by molar-refractivity contribution is -0.144. The topological polar surface area (TPSA) is 81.7 Å². The van der Waals surface area contributed by atoms with Gasteiger partial charge in [-0.25, -0.2) is 9.59 Å². The van der Waals surface area contributed by atoms with Gasteiger partial charge in [-0.05, 0) is 12.5 Å². The molecular weight excluding hydrogens is 286 g/mol. The van der Waals surface area contributed by atoms with E-state index >= 15 is 0 Å². The highest BCUT2D eigenvalue weighted by Crippen LogP contribution is 2.04. The summed E-state index contributed by atoms with van der Waals surface area (Å²) in [6.07, 6.45) is 2.33. The van der Waals surface area contributed by atoms with Crippen LogP contribution in [0.5, 0.6) is 0 Å². The van der Waals surface area contributed by atoms with Crippen LogP contribution in [0.4, 0.5) is 0 Å². The van der Waals surface area contributed by atoms with Crippen molar-refractivity contribution in [1.82, 2.24) is 5.32 Å². The zero-order valence-corrected chi connectivity index (χ0v) is 12.6. The molecule has 0 aromatic heterocycles. The molecule has 0 aliphatic rings. The Kier molecular flexibility index (Phi) is 7.39. The third-order valence-corrected chi connectivity index (χ3v) is 2.74. The molecule has 1 N–H and O–H groups in total. The summed E-state index contributed by atoms with van der Waals surface area (Å²) in [5.74, 6) is -1.74. The van der Waals surface area contributed by atoms with Crippen molar-refractivity contribution in [3.8, 4) is 0 Å². The molecule has 0 heterocycles. The third kappa shape index (κ3) is 6.21. The molecule has 1 atom stereocenters. The number of nitrogens with one attached hydrogen (secondary N) is 1. The number of rotatable bonds is 7. The minimum atomic E-state index is -0.827. The van der Waals surface area contributed by atoms with Gasteiger partial charge < -0.3 is 14.8 Å². The zero-order valence-electron chi connectivity index (χ0n) is 12.6. The maximum absolute atomic E-state index is 11.8. The molecule has 0 aliphatic carbocycles. The van der Waals surface area contributed by atoms with Crippen LogP contribution in [0.3, 0.4) is 0 Å². The number of hydrogen-bond donors (Lipinski definition) is 1. The van der Waals surface area contributed by atoms with Gasteiger partial charge in [-0.2, -0.15) is 0 Å². The first kappa shape index (κ1) is 17.4. The standard InChI is InChI=1S/C16H19NO5/c1-3-22-15(19)10-9-14(18)17-13(16(20)21-2)11-12-7-5-4-6-8-12/h4-10,13H,3,11H2,1-2H3,(H,17,18)/b10-9-/t13-/m0/s1. The van der Waals surface area contributed by atoms with Crippen LogP contribution in [-0.4, -0.2) is 37.6 Å². The summed E-state index contributed by atoms with van der Waals surface area (Å²) in [5.41, 5.74) is 0.882. The van der Waals surface area contributed by atoms with Gasteiger partial charge in [0.1, 0.15) is 6.04 Å². The molecule has 0 radical (unpaired) electrons. The lowest BCUT2D eigenvalue weighted by Crippen LogP contribution is -2.42.